The molecule has 2 atom stereocenters. The van der Waals surface area contributed by atoms with E-state index >= 15 is 0 Å². The van der Waals surface area contributed by atoms with Crippen LogP contribution in [0.2, 0.25) is 0 Å². The van der Waals surface area contributed by atoms with Gasteiger partial charge in [-0.15, -0.1) is 0 Å². The van der Waals surface area contributed by atoms with E-state index in [2.05, 4.69) is 15.5 Å². The summed E-state index contributed by atoms with van der Waals surface area (Å²) < 4.78 is 5.58. The van der Waals surface area contributed by atoms with E-state index in [0.717, 1.165) is 38.2 Å². The minimum absolute atomic E-state index is 0.0189. The van der Waals surface area contributed by atoms with Gasteiger partial charge in [0.15, 0.2) is 0 Å². The molecule has 2 aliphatic rings. The molecule has 2 saturated heterocycles. The Labute approximate surface area is 126 Å². The van der Waals surface area contributed by atoms with Crippen molar-refractivity contribution >= 4 is 5.91 Å². The number of carbonyl (C=O) groups is 1. The van der Waals surface area contributed by atoms with Crippen LogP contribution in [0.5, 0.6) is 0 Å². The summed E-state index contributed by atoms with van der Waals surface area (Å²) in [5.41, 5.74) is 0. The first-order chi connectivity index (χ1) is 10.3. The summed E-state index contributed by atoms with van der Waals surface area (Å²) in [4.78, 5) is 14.7. The lowest BCUT2D eigenvalue weighted by Gasteiger charge is -2.28. The van der Waals surface area contributed by atoms with Crippen molar-refractivity contribution < 1.29 is 9.21 Å². The lowest BCUT2D eigenvalue weighted by molar-refractivity contribution is -0.123. The van der Waals surface area contributed by atoms with Gasteiger partial charge in [-0.3, -0.25) is 9.69 Å². The molecule has 1 aromatic heterocycles. The van der Waals surface area contributed by atoms with Gasteiger partial charge in [0.25, 0.3) is 0 Å². The third-order valence-electron chi connectivity index (χ3n) is 4.55. The fraction of sp³-hybridized carbons (Fsp3) is 0.688. The molecule has 2 aliphatic heterocycles. The number of hydrogen-bond acceptors (Lipinski definition) is 4. The van der Waals surface area contributed by atoms with Gasteiger partial charge in [0, 0.05) is 6.54 Å². The van der Waals surface area contributed by atoms with E-state index in [1.165, 1.54) is 19.3 Å². The molecule has 0 radical (unpaired) electrons. The summed E-state index contributed by atoms with van der Waals surface area (Å²) >= 11 is 0. The van der Waals surface area contributed by atoms with Crippen molar-refractivity contribution in [2.45, 2.75) is 44.2 Å². The van der Waals surface area contributed by atoms with Crippen LogP contribution in [-0.2, 0) is 4.79 Å². The Morgan fingerprint density at radius 3 is 2.90 bits per heavy atom. The normalized spacial score (nSPS) is 24.9. The van der Waals surface area contributed by atoms with E-state index in [-0.39, 0.29) is 18.0 Å². The maximum absolute atomic E-state index is 12.3. The molecule has 5 nitrogen and oxygen atoms in total. The van der Waals surface area contributed by atoms with Crippen molar-refractivity contribution in [3.8, 4) is 0 Å². The number of furan rings is 1. The van der Waals surface area contributed by atoms with Gasteiger partial charge in [0.1, 0.15) is 5.76 Å². The Kier molecular flexibility index (Phi) is 4.93. The standard InChI is InChI=1S/C16H25N3O2/c20-16(13-6-1-2-8-17-13)18-12-14(15-7-5-11-21-15)19-9-3-4-10-19/h5,7,11,13-14,17H,1-4,6,8-10,12H2,(H,18,20)/t13-,14?/m1/s1. The van der Waals surface area contributed by atoms with Crippen LogP contribution >= 0.6 is 0 Å². The second-order valence-corrected chi connectivity index (χ2v) is 6.02. The van der Waals surface area contributed by atoms with Gasteiger partial charge >= 0.3 is 0 Å². The summed E-state index contributed by atoms with van der Waals surface area (Å²) in [5, 5.41) is 6.41. The number of nitrogens with one attached hydrogen (secondary N) is 2. The highest BCUT2D eigenvalue weighted by Crippen LogP contribution is 2.24. The van der Waals surface area contributed by atoms with Gasteiger partial charge in [-0.2, -0.15) is 0 Å². The second-order valence-electron chi connectivity index (χ2n) is 6.02. The third-order valence-corrected chi connectivity index (χ3v) is 4.55. The average Bonchev–Trinajstić information content (AvgIpc) is 3.22. The second kappa shape index (κ2) is 7.09. The molecule has 1 unspecified atom stereocenters. The first-order valence-corrected chi connectivity index (χ1v) is 8.13. The lowest BCUT2D eigenvalue weighted by atomic mass is 10.0. The molecule has 0 spiro atoms. The quantitative estimate of drug-likeness (QED) is 0.866. The van der Waals surface area contributed by atoms with Crippen LogP contribution in [0.3, 0.4) is 0 Å². The summed E-state index contributed by atoms with van der Waals surface area (Å²) in [6.07, 6.45) is 7.43. The zero-order chi connectivity index (χ0) is 14.5. The highest BCUT2D eigenvalue weighted by Gasteiger charge is 2.27. The Hall–Kier alpha value is -1.33. The molecule has 0 aliphatic carbocycles. The van der Waals surface area contributed by atoms with Crippen LogP contribution in [-0.4, -0.2) is 43.0 Å². The molecule has 3 rings (SSSR count). The molecule has 2 fully saturated rings. The molecule has 0 saturated carbocycles. The van der Waals surface area contributed by atoms with Gasteiger partial charge in [-0.05, 0) is 57.5 Å². The van der Waals surface area contributed by atoms with Crippen LogP contribution in [0.1, 0.15) is 43.9 Å². The Bertz CT molecular complexity index is 434. The zero-order valence-electron chi connectivity index (χ0n) is 12.5. The topological polar surface area (TPSA) is 57.5 Å². The molecular formula is C16H25N3O2. The van der Waals surface area contributed by atoms with Crippen molar-refractivity contribution in [1.29, 1.82) is 0 Å². The van der Waals surface area contributed by atoms with Crippen molar-refractivity contribution in [1.82, 2.24) is 15.5 Å². The molecular weight excluding hydrogens is 266 g/mol. The molecule has 116 valence electrons. The maximum atomic E-state index is 12.3. The number of rotatable bonds is 5. The minimum atomic E-state index is -0.0189. The van der Waals surface area contributed by atoms with Gasteiger partial charge in [-0.1, -0.05) is 6.42 Å². The molecule has 0 aromatic carbocycles. The van der Waals surface area contributed by atoms with Crippen LogP contribution in [0, 0.1) is 0 Å². The highest BCUT2D eigenvalue weighted by atomic mass is 16.3. The third kappa shape index (κ3) is 3.66. The maximum Gasteiger partial charge on any atom is 0.237 e. The van der Waals surface area contributed by atoms with Crippen LogP contribution in [0.4, 0.5) is 0 Å². The van der Waals surface area contributed by atoms with E-state index < -0.39 is 0 Å². The van der Waals surface area contributed by atoms with Crippen LogP contribution in [0.15, 0.2) is 22.8 Å². The van der Waals surface area contributed by atoms with E-state index in [9.17, 15) is 4.79 Å². The predicted octanol–water partition coefficient (Wildman–Crippen LogP) is 1.67. The van der Waals surface area contributed by atoms with Gasteiger partial charge in [0.05, 0.1) is 18.3 Å². The molecule has 0 bridgehead atoms. The molecule has 21 heavy (non-hydrogen) atoms. The van der Waals surface area contributed by atoms with Crippen LogP contribution < -0.4 is 10.6 Å². The number of nitrogens with zero attached hydrogens (tertiary/aromatic N) is 1. The average molecular weight is 291 g/mol. The van der Waals surface area contributed by atoms with Gasteiger partial charge in [0.2, 0.25) is 5.91 Å². The summed E-state index contributed by atoms with van der Waals surface area (Å²) in [5.74, 6) is 1.08. The van der Waals surface area contributed by atoms with E-state index in [1.807, 2.05) is 12.1 Å². The SMILES string of the molecule is O=C(NCC(c1ccco1)N1CCCC1)[C@H]1CCCCN1. The Balaban J connectivity index is 1.58. The first-order valence-electron chi connectivity index (χ1n) is 8.13. The minimum Gasteiger partial charge on any atom is -0.468 e. The number of likely N-dealkylation sites (tertiary alicyclic amines) is 1. The summed E-state index contributed by atoms with van der Waals surface area (Å²) in [6, 6.07) is 4.07. The molecule has 1 aromatic rings. The van der Waals surface area contributed by atoms with Crippen molar-refractivity contribution in [3.05, 3.63) is 24.2 Å². The number of hydrogen-bond donors (Lipinski definition) is 2. The summed E-state index contributed by atoms with van der Waals surface area (Å²) in [6.45, 7) is 3.75. The van der Waals surface area contributed by atoms with Crippen molar-refractivity contribution in [3.63, 3.8) is 0 Å². The first kappa shape index (κ1) is 14.6. The van der Waals surface area contributed by atoms with Crippen molar-refractivity contribution in [2.75, 3.05) is 26.2 Å². The summed E-state index contributed by atoms with van der Waals surface area (Å²) in [7, 11) is 0. The van der Waals surface area contributed by atoms with E-state index in [4.69, 9.17) is 4.42 Å². The number of amides is 1. The fourth-order valence-corrected chi connectivity index (χ4v) is 3.34. The Morgan fingerprint density at radius 2 is 2.24 bits per heavy atom. The van der Waals surface area contributed by atoms with Gasteiger partial charge in [-0.25, -0.2) is 0 Å². The molecule has 2 N–H and O–H groups in total. The molecule has 3 heterocycles. The zero-order valence-corrected chi connectivity index (χ0v) is 12.5. The molecule has 1 amide bonds. The monoisotopic (exact) mass is 291 g/mol. The fourth-order valence-electron chi connectivity index (χ4n) is 3.34. The Morgan fingerprint density at radius 1 is 1.38 bits per heavy atom. The lowest BCUT2D eigenvalue weighted by Crippen LogP contribution is -2.48. The largest absolute Gasteiger partial charge is 0.468 e. The van der Waals surface area contributed by atoms with Gasteiger partial charge < -0.3 is 15.1 Å². The highest BCUT2D eigenvalue weighted by molar-refractivity contribution is 5.81. The predicted molar refractivity (Wildman–Crippen MR) is 80.9 cm³/mol. The van der Waals surface area contributed by atoms with Crippen molar-refractivity contribution in [2.24, 2.45) is 0 Å². The van der Waals surface area contributed by atoms with E-state index in [0.29, 0.717) is 6.54 Å². The van der Waals surface area contributed by atoms with E-state index in [1.54, 1.807) is 6.26 Å². The molecule has 5 heteroatoms. The van der Waals surface area contributed by atoms with Crippen LogP contribution in [0.25, 0.3) is 0 Å². The number of piperidine rings is 1. The number of carbonyl (C=O) groups excluding carboxylic acids is 1. The smallest absolute Gasteiger partial charge is 0.237 e.